The van der Waals surface area contributed by atoms with Crippen molar-refractivity contribution in [3.05, 3.63) is 70.7 Å². The Balaban J connectivity index is 1.70. The molecule has 7 heteroatoms. The maximum Gasteiger partial charge on any atom is 0.257 e. The van der Waals surface area contributed by atoms with Gasteiger partial charge in [-0.05, 0) is 55.0 Å². The highest BCUT2D eigenvalue weighted by atomic mass is 32.1. The van der Waals surface area contributed by atoms with Gasteiger partial charge in [0.2, 0.25) is 0 Å². The van der Waals surface area contributed by atoms with Crippen LogP contribution < -0.4 is 15.4 Å². The SMILES string of the molecule is COc1ccc(C(=O)Nc2ccc(C(=O)Nc3nccs3)cc2C)cc1. The summed E-state index contributed by atoms with van der Waals surface area (Å²) in [6.07, 6.45) is 1.63. The predicted molar refractivity (Wildman–Crippen MR) is 102 cm³/mol. The van der Waals surface area contributed by atoms with Crippen LogP contribution in [0.2, 0.25) is 0 Å². The van der Waals surface area contributed by atoms with E-state index in [1.165, 1.54) is 11.3 Å². The number of carbonyl (C=O) groups is 2. The van der Waals surface area contributed by atoms with Gasteiger partial charge < -0.3 is 10.1 Å². The van der Waals surface area contributed by atoms with Crippen molar-refractivity contribution >= 4 is 34.0 Å². The number of nitrogens with one attached hydrogen (secondary N) is 2. The number of carbonyl (C=O) groups excluding carboxylic acids is 2. The summed E-state index contributed by atoms with van der Waals surface area (Å²) in [5.41, 5.74) is 2.46. The monoisotopic (exact) mass is 367 g/mol. The molecule has 0 fully saturated rings. The van der Waals surface area contributed by atoms with Crippen molar-refractivity contribution in [1.29, 1.82) is 0 Å². The first kappa shape index (κ1) is 17.6. The third-order valence-corrected chi connectivity index (χ3v) is 4.43. The van der Waals surface area contributed by atoms with E-state index in [4.69, 9.17) is 4.74 Å². The van der Waals surface area contributed by atoms with Crippen LogP contribution in [-0.2, 0) is 0 Å². The van der Waals surface area contributed by atoms with Crippen LogP contribution in [0.3, 0.4) is 0 Å². The smallest absolute Gasteiger partial charge is 0.257 e. The molecule has 0 unspecified atom stereocenters. The molecule has 2 N–H and O–H groups in total. The Labute approximate surface area is 154 Å². The first-order valence-electron chi connectivity index (χ1n) is 7.83. The van der Waals surface area contributed by atoms with E-state index in [2.05, 4.69) is 15.6 Å². The van der Waals surface area contributed by atoms with Gasteiger partial charge in [0.1, 0.15) is 5.75 Å². The molecule has 0 spiro atoms. The highest BCUT2D eigenvalue weighted by Gasteiger charge is 2.12. The second-order valence-corrected chi connectivity index (χ2v) is 6.40. The Morgan fingerprint density at radius 1 is 1.00 bits per heavy atom. The lowest BCUT2D eigenvalue weighted by molar-refractivity contribution is 0.102. The van der Waals surface area contributed by atoms with E-state index in [0.717, 1.165) is 5.56 Å². The van der Waals surface area contributed by atoms with Crippen LogP contribution in [0.4, 0.5) is 10.8 Å². The molecular weight excluding hydrogens is 350 g/mol. The summed E-state index contributed by atoms with van der Waals surface area (Å²) >= 11 is 1.35. The summed E-state index contributed by atoms with van der Waals surface area (Å²) in [6.45, 7) is 1.84. The van der Waals surface area contributed by atoms with Crippen molar-refractivity contribution < 1.29 is 14.3 Å². The lowest BCUT2D eigenvalue weighted by Crippen LogP contribution is -2.14. The van der Waals surface area contributed by atoms with Crippen molar-refractivity contribution in [2.45, 2.75) is 6.92 Å². The summed E-state index contributed by atoms with van der Waals surface area (Å²) in [5.74, 6) is 0.222. The molecule has 0 aliphatic carbocycles. The molecule has 3 rings (SSSR count). The van der Waals surface area contributed by atoms with Gasteiger partial charge in [0, 0.05) is 28.4 Å². The van der Waals surface area contributed by atoms with Crippen LogP contribution in [0.1, 0.15) is 26.3 Å². The van der Waals surface area contributed by atoms with E-state index in [0.29, 0.717) is 27.7 Å². The molecule has 2 aromatic carbocycles. The minimum absolute atomic E-state index is 0.226. The lowest BCUT2D eigenvalue weighted by atomic mass is 10.1. The highest BCUT2D eigenvalue weighted by molar-refractivity contribution is 7.13. The number of aryl methyl sites for hydroxylation is 1. The molecule has 26 heavy (non-hydrogen) atoms. The van der Waals surface area contributed by atoms with Crippen LogP contribution in [0, 0.1) is 6.92 Å². The molecule has 0 aliphatic rings. The summed E-state index contributed by atoms with van der Waals surface area (Å²) in [6, 6.07) is 12.0. The third kappa shape index (κ3) is 4.07. The van der Waals surface area contributed by atoms with Crippen molar-refractivity contribution in [3.63, 3.8) is 0 Å². The molecule has 0 saturated carbocycles. The zero-order valence-electron chi connectivity index (χ0n) is 14.3. The second-order valence-electron chi connectivity index (χ2n) is 5.50. The second kappa shape index (κ2) is 7.79. The first-order chi connectivity index (χ1) is 12.6. The van der Waals surface area contributed by atoms with Crippen LogP contribution >= 0.6 is 11.3 Å². The van der Waals surface area contributed by atoms with Gasteiger partial charge >= 0.3 is 0 Å². The molecule has 0 radical (unpaired) electrons. The normalized spacial score (nSPS) is 10.2. The van der Waals surface area contributed by atoms with Crippen molar-refractivity contribution in [2.75, 3.05) is 17.7 Å². The van der Waals surface area contributed by atoms with Gasteiger partial charge in [0.15, 0.2) is 5.13 Å². The number of hydrogen-bond acceptors (Lipinski definition) is 5. The van der Waals surface area contributed by atoms with Crippen molar-refractivity contribution in [3.8, 4) is 5.75 Å². The van der Waals surface area contributed by atoms with E-state index in [1.807, 2.05) is 6.92 Å². The third-order valence-electron chi connectivity index (χ3n) is 3.74. The topological polar surface area (TPSA) is 80.3 Å². The van der Waals surface area contributed by atoms with E-state index < -0.39 is 0 Å². The standard InChI is InChI=1S/C19H17N3O3S/c1-12-11-14(18(24)22-19-20-9-10-26-19)5-8-16(12)21-17(23)13-3-6-15(25-2)7-4-13/h3-11H,1-2H3,(H,21,23)(H,20,22,24). The Kier molecular flexibility index (Phi) is 5.28. The molecule has 132 valence electrons. The molecule has 0 atom stereocenters. The average Bonchev–Trinajstić information content (AvgIpc) is 3.16. The lowest BCUT2D eigenvalue weighted by Gasteiger charge is -2.10. The molecular formula is C19H17N3O3S. The fourth-order valence-electron chi connectivity index (χ4n) is 2.34. The van der Waals surface area contributed by atoms with Gasteiger partial charge in [0.05, 0.1) is 7.11 Å². The largest absolute Gasteiger partial charge is 0.497 e. The molecule has 6 nitrogen and oxygen atoms in total. The Morgan fingerprint density at radius 2 is 1.69 bits per heavy atom. The van der Waals surface area contributed by atoms with Crippen LogP contribution in [-0.4, -0.2) is 23.9 Å². The minimum Gasteiger partial charge on any atom is -0.497 e. The van der Waals surface area contributed by atoms with Crippen molar-refractivity contribution in [2.24, 2.45) is 0 Å². The van der Waals surface area contributed by atoms with E-state index in [9.17, 15) is 9.59 Å². The number of rotatable bonds is 5. The summed E-state index contributed by atoms with van der Waals surface area (Å²) < 4.78 is 5.09. The van der Waals surface area contributed by atoms with Crippen LogP contribution in [0.5, 0.6) is 5.75 Å². The van der Waals surface area contributed by atoms with Crippen LogP contribution in [0.25, 0.3) is 0 Å². The fourth-order valence-corrected chi connectivity index (χ4v) is 2.86. The first-order valence-corrected chi connectivity index (χ1v) is 8.71. The van der Waals surface area contributed by atoms with E-state index in [1.54, 1.807) is 61.2 Å². The van der Waals surface area contributed by atoms with Gasteiger partial charge in [-0.15, -0.1) is 11.3 Å². The number of anilines is 2. The maximum atomic E-state index is 12.4. The summed E-state index contributed by atoms with van der Waals surface area (Å²) in [5, 5.41) is 7.92. The van der Waals surface area contributed by atoms with E-state index >= 15 is 0 Å². The molecule has 0 bridgehead atoms. The summed E-state index contributed by atoms with van der Waals surface area (Å²) in [7, 11) is 1.57. The highest BCUT2D eigenvalue weighted by Crippen LogP contribution is 2.20. The molecule has 3 aromatic rings. The molecule has 1 heterocycles. The number of ether oxygens (including phenoxy) is 1. The Bertz CT molecular complexity index is 922. The molecule has 0 saturated heterocycles. The molecule has 1 aromatic heterocycles. The zero-order valence-corrected chi connectivity index (χ0v) is 15.1. The number of amides is 2. The number of nitrogens with zero attached hydrogens (tertiary/aromatic N) is 1. The fraction of sp³-hybridized carbons (Fsp3) is 0.105. The quantitative estimate of drug-likeness (QED) is 0.715. The molecule has 2 amide bonds. The minimum atomic E-state index is -0.240. The van der Waals surface area contributed by atoms with E-state index in [-0.39, 0.29) is 11.8 Å². The number of hydrogen-bond donors (Lipinski definition) is 2. The van der Waals surface area contributed by atoms with Crippen LogP contribution in [0.15, 0.2) is 54.0 Å². The predicted octanol–water partition coefficient (Wildman–Crippen LogP) is 3.96. The number of thiazole rings is 1. The number of aromatic nitrogens is 1. The van der Waals surface area contributed by atoms with Gasteiger partial charge in [0.25, 0.3) is 11.8 Å². The van der Waals surface area contributed by atoms with Gasteiger partial charge in [-0.1, -0.05) is 0 Å². The Hall–Kier alpha value is -3.19. The summed E-state index contributed by atoms with van der Waals surface area (Å²) in [4.78, 5) is 28.6. The van der Waals surface area contributed by atoms with Gasteiger partial charge in [-0.25, -0.2) is 4.98 Å². The van der Waals surface area contributed by atoms with Gasteiger partial charge in [-0.3, -0.25) is 14.9 Å². The average molecular weight is 367 g/mol. The maximum absolute atomic E-state index is 12.4. The molecule has 0 aliphatic heterocycles. The van der Waals surface area contributed by atoms with Crippen molar-refractivity contribution in [1.82, 2.24) is 4.98 Å². The zero-order chi connectivity index (χ0) is 18.5. The van der Waals surface area contributed by atoms with Gasteiger partial charge in [-0.2, -0.15) is 0 Å². The number of benzene rings is 2. The Morgan fingerprint density at radius 3 is 2.31 bits per heavy atom. The number of methoxy groups -OCH3 is 1.